The van der Waals surface area contributed by atoms with Crippen molar-refractivity contribution in [2.45, 2.75) is 34.6 Å². The molecule has 0 saturated heterocycles. The Hall–Kier alpha value is -2.79. The highest BCUT2D eigenvalue weighted by molar-refractivity contribution is 6.30. The number of rotatable bonds is 5. The Morgan fingerprint density at radius 1 is 1.20 bits per heavy atom. The van der Waals surface area contributed by atoms with Gasteiger partial charge in [-0.3, -0.25) is 4.79 Å². The van der Waals surface area contributed by atoms with E-state index in [4.69, 9.17) is 16.3 Å². The lowest BCUT2D eigenvalue weighted by Gasteiger charge is -2.19. The molecule has 0 radical (unpaired) electrons. The molecule has 0 saturated carbocycles. The summed E-state index contributed by atoms with van der Waals surface area (Å²) in [4.78, 5) is 27.4. The summed E-state index contributed by atoms with van der Waals surface area (Å²) < 4.78 is 7.06. The molecule has 1 aromatic heterocycles. The van der Waals surface area contributed by atoms with Crippen molar-refractivity contribution in [1.29, 1.82) is 0 Å². The summed E-state index contributed by atoms with van der Waals surface area (Å²) in [5, 5.41) is 0.654. The van der Waals surface area contributed by atoms with E-state index in [1.54, 1.807) is 17.9 Å². The second-order valence-electron chi connectivity index (χ2n) is 7.96. The van der Waals surface area contributed by atoms with Gasteiger partial charge in [0.25, 0.3) is 5.91 Å². The van der Waals surface area contributed by atoms with Crippen molar-refractivity contribution in [2.24, 2.45) is 5.92 Å². The fraction of sp³-hybridized carbons (Fsp3) is 0.333. The van der Waals surface area contributed by atoms with Crippen LogP contribution >= 0.6 is 11.6 Å². The van der Waals surface area contributed by atoms with Crippen LogP contribution in [0, 0.1) is 19.8 Å². The molecule has 5 nitrogen and oxygen atoms in total. The van der Waals surface area contributed by atoms with Gasteiger partial charge in [-0.15, -0.1) is 0 Å². The van der Waals surface area contributed by atoms with E-state index in [9.17, 15) is 9.59 Å². The standard InChI is InChI=1S/C24H27ClN2O3/c1-14(2)13-26-17(5)22(24(29)30-6)21(23(26)28)11-18-10-15(3)27(16(18)4)20-9-7-8-19(25)12-20/h7-12,14H,13H2,1-6H3/b21-11-. The molecule has 0 aliphatic carbocycles. The molecule has 2 aromatic rings. The zero-order valence-corrected chi connectivity index (χ0v) is 19.0. The number of halogens is 1. The summed E-state index contributed by atoms with van der Waals surface area (Å²) in [6.45, 7) is 10.4. The zero-order chi connectivity index (χ0) is 22.2. The third-order valence-electron chi connectivity index (χ3n) is 5.29. The molecule has 0 atom stereocenters. The average Bonchev–Trinajstić information content (AvgIpc) is 3.08. The summed E-state index contributed by atoms with van der Waals surface area (Å²) >= 11 is 6.17. The first-order valence-electron chi connectivity index (χ1n) is 9.93. The fourth-order valence-electron chi connectivity index (χ4n) is 3.91. The van der Waals surface area contributed by atoms with Crippen molar-refractivity contribution in [3.63, 3.8) is 0 Å². The minimum Gasteiger partial charge on any atom is -0.465 e. The van der Waals surface area contributed by atoms with E-state index in [1.165, 1.54) is 7.11 Å². The Balaban J connectivity index is 2.12. The third kappa shape index (κ3) is 3.94. The van der Waals surface area contributed by atoms with Crippen molar-refractivity contribution in [3.8, 4) is 5.69 Å². The first-order valence-corrected chi connectivity index (χ1v) is 10.3. The number of aromatic nitrogens is 1. The van der Waals surface area contributed by atoms with E-state index in [0.29, 0.717) is 28.4 Å². The smallest absolute Gasteiger partial charge is 0.340 e. The molecule has 1 aliphatic heterocycles. The fourth-order valence-corrected chi connectivity index (χ4v) is 4.10. The lowest BCUT2D eigenvalue weighted by Crippen LogP contribution is -2.28. The number of hydrogen-bond donors (Lipinski definition) is 0. The molecule has 0 N–H and O–H groups in total. The predicted molar refractivity (Wildman–Crippen MR) is 119 cm³/mol. The van der Waals surface area contributed by atoms with Crippen molar-refractivity contribution in [1.82, 2.24) is 9.47 Å². The predicted octanol–water partition coefficient (Wildman–Crippen LogP) is 5.08. The van der Waals surface area contributed by atoms with Crippen molar-refractivity contribution < 1.29 is 14.3 Å². The van der Waals surface area contributed by atoms with E-state index in [1.807, 2.05) is 58.0 Å². The minimum absolute atomic E-state index is 0.172. The van der Waals surface area contributed by atoms with Gasteiger partial charge in [0.15, 0.2) is 0 Å². The number of hydrogen-bond acceptors (Lipinski definition) is 3. The lowest BCUT2D eigenvalue weighted by atomic mass is 10.0. The Bertz CT molecular complexity index is 1080. The van der Waals surface area contributed by atoms with Crippen molar-refractivity contribution in [2.75, 3.05) is 13.7 Å². The Morgan fingerprint density at radius 2 is 1.90 bits per heavy atom. The molecule has 2 heterocycles. The Kier molecular flexibility index (Phi) is 6.22. The van der Waals surface area contributed by atoms with E-state index >= 15 is 0 Å². The van der Waals surface area contributed by atoms with Crippen LogP contribution in [0.1, 0.15) is 37.7 Å². The molecule has 1 amide bonds. The molecule has 0 bridgehead atoms. The van der Waals surface area contributed by atoms with Crippen molar-refractivity contribution >= 4 is 29.6 Å². The van der Waals surface area contributed by atoms with Crippen LogP contribution in [0.2, 0.25) is 5.02 Å². The van der Waals surface area contributed by atoms with Crippen LogP contribution in [0.3, 0.4) is 0 Å². The molecular formula is C24H27ClN2O3. The third-order valence-corrected chi connectivity index (χ3v) is 5.52. The molecular weight excluding hydrogens is 400 g/mol. The van der Waals surface area contributed by atoms with Crippen LogP contribution in [-0.4, -0.2) is 35.0 Å². The Labute approximate surface area is 182 Å². The number of benzene rings is 1. The largest absolute Gasteiger partial charge is 0.465 e. The van der Waals surface area contributed by atoms with E-state index in [0.717, 1.165) is 22.6 Å². The molecule has 0 unspecified atom stereocenters. The highest BCUT2D eigenvalue weighted by Crippen LogP contribution is 2.33. The number of carbonyl (C=O) groups excluding carboxylic acids is 2. The van der Waals surface area contributed by atoms with Gasteiger partial charge in [-0.2, -0.15) is 0 Å². The number of amides is 1. The first kappa shape index (κ1) is 21.9. The van der Waals surface area contributed by atoms with Gasteiger partial charge in [-0.25, -0.2) is 4.79 Å². The number of aryl methyl sites for hydroxylation is 1. The summed E-state index contributed by atoms with van der Waals surface area (Å²) in [6.07, 6.45) is 1.79. The van der Waals surface area contributed by atoms with Crippen LogP contribution in [0.4, 0.5) is 0 Å². The van der Waals surface area contributed by atoms with Gasteiger partial charge in [0.1, 0.15) is 0 Å². The van der Waals surface area contributed by atoms with Crippen LogP contribution < -0.4 is 0 Å². The van der Waals surface area contributed by atoms with Crippen LogP contribution in [0.15, 0.2) is 47.2 Å². The first-order chi connectivity index (χ1) is 14.1. The van der Waals surface area contributed by atoms with Gasteiger partial charge < -0.3 is 14.2 Å². The maximum atomic E-state index is 13.2. The number of ether oxygens (including phenoxy) is 1. The molecule has 0 fully saturated rings. The zero-order valence-electron chi connectivity index (χ0n) is 18.2. The topological polar surface area (TPSA) is 51.5 Å². The van der Waals surface area contributed by atoms with Gasteiger partial charge in [0, 0.05) is 34.3 Å². The maximum absolute atomic E-state index is 13.2. The number of carbonyl (C=O) groups is 2. The van der Waals surface area contributed by atoms with Gasteiger partial charge in [0.05, 0.1) is 18.3 Å². The van der Waals surface area contributed by atoms with Crippen LogP contribution in [-0.2, 0) is 14.3 Å². The Morgan fingerprint density at radius 3 is 2.50 bits per heavy atom. The summed E-state index contributed by atoms with van der Waals surface area (Å²) in [7, 11) is 1.33. The summed E-state index contributed by atoms with van der Waals surface area (Å²) in [5.41, 5.74) is 5.11. The quantitative estimate of drug-likeness (QED) is 0.495. The molecule has 1 aromatic carbocycles. The van der Waals surface area contributed by atoms with Gasteiger partial charge in [0.2, 0.25) is 0 Å². The number of methoxy groups -OCH3 is 1. The second-order valence-corrected chi connectivity index (χ2v) is 8.40. The molecule has 3 rings (SSSR count). The highest BCUT2D eigenvalue weighted by atomic mass is 35.5. The number of esters is 1. The van der Waals surface area contributed by atoms with E-state index < -0.39 is 5.97 Å². The lowest BCUT2D eigenvalue weighted by molar-refractivity contribution is -0.136. The molecule has 158 valence electrons. The van der Waals surface area contributed by atoms with Crippen LogP contribution in [0.25, 0.3) is 11.8 Å². The van der Waals surface area contributed by atoms with Crippen LogP contribution in [0.5, 0.6) is 0 Å². The number of allylic oxidation sites excluding steroid dienone is 1. The van der Waals surface area contributed by atoms with Gasteiger partial charge >= 0.3 is 5.97 Å². The average molecular weight is 427 g/mol. The second kappa shape index (κ2) is 8.52. The van der Waals surface area contributed by atoms with Gasteiger partial charge in [-0.1, -0.05) is 31.5 Å². The number of nitrogens with zero attached hydrogens (tertiary/aromatic N) is 2. The SMILES string of the molecule is COC(=O)C1=C(C)N(CC(C)C)C(=O)/C1=C\c1cc(C)n(-c2cccc(Cl)c2)c1C. The molecule has 6 heteroatoms. The monoisotopic (exact) mass is 426 g/mol. The highest BCUT2D eigenvalue weighted by Gasteiger charge is 2.37. The molecule has 0 spiro atoms. The van der Waals surface area contributed by atoms with Crippen molar-refractivity contribution in [3.05, 3.63) is 69.1 Å². The van der Waals surface area contributed by atoms with E-state index in [2.05, 4.69) is 4.57 Å². The summed E-state index contributed by atoms with van der Waals surface area (Å²) in [5.74, 6) is -0.397. The maximum Gasteiger partial charge on any atom is 0.340 e. The minimum atomic E-state index is -0.498. The van der Waals surface area contributed by atoms with Gasteiger partial charge in [-0.05, 0) is 62.6 Å². The van der Waals surface area contributed by atoms with E-state index in [-0.39, 0.29) is 11.8 Å². The molecule has 30 heavy (non-hydrogen) atoms. The molecule has 1 aliphatic rings. The summed E-state index contributed by atoms with van der Waals surface area (Å²) in [6, 6.07) is 9.62. The normalized spacial score (nSPS) is 15.7.